The number of hydrogen-bond acceptors (Lipinski definition) is 5. The van der Waals surface area contributed by atoms with Crippen molar-refractivity contribution in [2.45, 2.75) is 13.2 Å². The van der Waals surface area contributed by atoms with Gasteiger partial charge in [-0.15, -0.1) is 5.10 Å². The number of nitrogens with one attached hydrogen (secondary N) is 1. The summed E-state index contributed by atoms with van der Waals surface area (Å²) in [7, 11) is 0. The maximum absolute atomic E-state index is 12.3. The summed E-state index contributed by atoms with van der Waals surface area (Å²) in [6.45, 7) is 1.42. The van der Waals surface area contributed by atoms with E-state index in [0.717, 1.165) is 0 Å². The summed E-state index contributed by atoms with van der Waals surface area (Å²) in [4.78, 5) is 28.6. The van der Waals surface area contributed by atoms with Gasteiger partial charge in [0.1, 0.15) is 5.69 Å². The van der Waals surface area contributed by atoms with Crippen molar-refractivity contribution in [3.8, 4) is 0 Å². The molecule has 0 fully saturated rings. The summed E-state index contributed by atoms with van der Waals surface area (Å²) >= 11 is 5.85. The van der Waals surface area contributed by atoms with E-state index in [0.29, 0.717) is 33.4 Å². The zero-order chi connectivity index (χ0) is 21.1. The van der Waals surface area contributed by atoms with Crippen LogP contribution in [0.2, 0.25) is 5.02 Å². The topological polar surface area (TPSA) is 83.9 Å². The van der Waals surface area contributed by atoms with Gasteiger partial charge in [0, 0.05) is 35.0 Å². The summed E-state index contributed by atoms with van der Waals surface area (Å²) in [5.41, 5.74) is 2.37. The molecule has 0 aliphatic carbocycles. The lowest BCUT2D eigenvalue weighted by Crippen LogP contribution is -2.25. The zero-order valence-corrected chi connectivity index (χ0v) is 16.7. The van der Waals surface area contributed by atoms with Crippen LogP contribution in [0.15, 0.2) is 78.0 Å². The van der Waals surface area contributed by atoms with E-state index >= 15 is 0 Å². The minimum absolute atomic E-state index is 0.244. The zero-order valence-electron chi connectivity index (χ0n) is 15.9. The molecule has 0 saturated carbocycles. The molecule has 1 aliphatic heterocycles. The number of anilines is 1. The first-order valence-electron chi connectivity index (χ1n) is 9.14. The summed E-state index contributed by atoms with van der Waals surface area (Å²) < 4.78 is 5.90. The van der Waals surface area contributed by atoms with Gasteiger partial charge in [0.15, 0.2) is 0 Å². The van der Waals surface area contributed by atoms with E-state index in [9.17, 15) is 9.59 Å². The van der Waals surface area contributed by atoms with Crippen molar-refractivity contribution < 1.29 is 14.3 Å². The van der Waals surface area contributed by atoms with Crippen molar-refractivity contribution >= 4 is 35.0 Å². The van der Waals surface area contributed by atoms with Gasteiger partial charge in [-0.1, -0.05) is 17.7 Å². The molecule has 4 rings (SSSR count). The lowest BCUT2D eigenvalue weighted by atomic mass is 10.2. The van der Waals surface area contributed by atoms with E-state index in [1.165, 1.54) is 11.9 Å². The lowest BCUT2D eigenvalue weighted by molar-refractivity contribution is -0.135. The van der Waals surface area contributed by atoms with E-state index in [1.54, 1.807) is 66.9 Å². The molecule has 1 aliphatic rings. The molecule has 150 valence electrons. The number of aromatic nitrogens is 1. The molecule has 0 radical (unpaired) electrons. The molecule has 1 atom stereocenters. The second kappa shape index (κ2) is 8.34. The number of amides is 2. The van der Waals surface area contributed by atoms with E-state index in [2.05, 4.69) is 15.4 Å². The monoisotopic (exact) mass is 420 g/mol. The molecule has 0 spiro atoms. The van der Waals surface area contributed by atoms with Crippen LogP contribution in [0.1, 0.15) is 34.8 Å². The third kappa shape index (κ3) is 4.16. The molecule has 0 saturated heterocycles. The number of ether oxygens (including phenoxy) is 1. The number of hydrogen-bond donors (Lipinski definition) is 1. The maximum Gasteiger partial charge on any atom is 0.255 e. The van der Waals surface area contributed by atoms with Crippen LogP contribution in [0.25, 0.3) is 0 Å². The molecule has 3 aromatic rings. The Morgan fingerprint density at radius 2 is 1.77 bits per heavy atom. The molecule has 7 nitrogen and oxygen atoms in total. The first-order valence-corrected chi connectivity index (χ1v) is 9.52. The highest BCUT2D eigenvalue weighted by atomic mass is 35.5. The van der Waals surface area contributed by atoms with Crippen molar-refractivity contribution in [3.05, 3.63) is 94.8 Å². The van der Waals surface area contributed by atoms with E-state index in [4.69, 9.17) is 16.3 Å². The number of rotatable bonds is 4. The second-order valence-electron chi connectivity index (χ2n) is 6.53. The molecular formula is C22H17ClN4O3. The van der Waals surface area contributed by atoms with Gasteiger partial charge < -0.3 is 10.1 Å². The third-order valence-corrected chi connectivity index (χ3v) is 4.66. The quantitative estimate of drug-likeness (QED) is 0.684. The molecule has 1 N–H and O–H groups in total. The Morgan fingerprint density at radius 1 is 1.03 bits per heavy atom. The number of hydrazone groups is 1. The number of carbonyl (C=O) groups excluding carboxylic acids is 2. The third-order valence-electron chi connectivity index (χ3n) is 4.40. The summed E-state index contributed by atoms with van der Waals surface area (Å²) in [5, 5.41) is 8.94. The van der Waals surface area contributed by atoms with Crippen molar-refractivity contribution in [1.29, 1.82) is 0 Å². The van der Waals surface area contributed by atoms with Crippen LogP contribution >= 0.6 is 11.6 Å². The van der Waals surface area contributed by atoms with E-state index in [-0.39, 0.29) is 11.8 Å². The van der Waals surface area contributed by atoms with Crippen LogP contribution in [0, 0.1) is 0 Å². The Bertz CT molecular complexity index is 1100. The van der Waals surface area contributed by atoms with E-state index < -0.39 is 6.23 Å². The Labute approximate surface area is 177 Å². The molecule has 8 heteroatoms. The minimum atomic E-state index is -0.719. The number of carbonyl (C=O) groups is 2. The summed E-state index contributed by atoms with van der Waals surface area (Å²) in [5.74, 6) is -0.198. The molecule has 0 bridgehead atoms. The second-order valence-corrected chi connectivity index (χ2v) is 6.97. The number of nitrogens with zero attached hydrogens (tertiary/aromatic N) is 3. The van der Waals surface area contributed by atoms with Crippen LogP contribution in [0.3, 0.4) is 0 Å². The van der Waals surface area contributed by atoms with Crippen LogP contribution in [-0.4, -0.2) is 27.7 Å². The van der Waals surface area contributed by atoms with Crippen molar-refractivity contribution in [1.82, 2.24) is 9.99 Å². The first kappa shape index (κ1) is 19.6. The smallest absolute Gasteiger partial charge is 0.255 e. The number of halogens is 1. The van der Waals surface area contributed by atoms with Crippen LogP contribution in [0.5, 0.6) is 0 Å². The van der Waals surface area contributed by atoms with Gasteiger partial charge in [-0.3, -0.25) is 14.6 Å². The molecular weight excluding hydrogens is 404 g/mol. The van der Waals surface area contributed by atoms with Gasteiger partial charge >= 0.3 is 0 Å². The predicted molar refractivity (Wildman–Crippen MR) is 113 cm³/mol. The highest BCUT2D eigenvalue weighted by Crippen LogP contribution is 2.29. The van der Waals surface area contributed by atoms with Gasteiger partial charge in [0.05, 0.1) is 0 Å². The number of benzene rings is 2. The fourth-order valence-electron chi connectivity index (χ4n) is 2.90. The normalized spacial score (nSPS) is 15.3. The fraction of sp³-hybridized carbons (Fsp3) is 0.0909. The predicted octanol–water partition coefficient (Wildman–Crippen LogP) is 4.23. The summed E-state index contributed by atoms with van der Waals surface area (Å²) in [6, 6.07) is 19.0. The average molecular weight is 421 g/mol. The van der Waals surface area contributed by atoms with Gasteiger partial charge in [-0.25, -0.2) is 0 Å². The summed E-state index contributed by atoms with van der Waals surface area (Å²) in [6.07, 6.45) is 0.913. The highest BCUT2D eigenvalue weighted by molar-refractivity contribution is 6.30. The van der Waals surface area contributed by atoms with Crippen LogP contribution in [0.4, 0.5) is 5.69 Å². The Balaban J connectivity index is 1.49. The average Bonchev–Trinajstić information content (AvgIpc) is 3.21. The largest absolute Gasteiger partial charge is 0.444 e. The molecule has 2 amide bonds. The Morgan fingerprint density at radius 3 is 2.40 bits per heavy atom. The Kier molecular flexibility index (Phi) is 5.45. The van der Waals surface area contributed by atoms with Crippen molar-refractivity contribution in [2.24, 2.45) is 5.10 Å². The van der Waals surface area contributed by atoms with Gasteiger partial charge in [0.2, 0.25) is 18.0 Å². The van der Waals surface area contributed by atoms with Gasteiger partial charge in [0.25, 0.3) is 5.91 Å². The number of pyridine rings is 1. The van der Waals surface area contributed by atoms with Crippen molar-refractivity contribution in [3.63, 3.8) is 0 Å². The van der Waals surface area contributed by atoms with E-state index in [1.807, 2.05) is 6.07 Å². The molecule has 2 aromatic carbocycles. The van der Waals surface area contributed by atoms with Crippen molar-refractivity contribution in [2.75, 3.05) is 5.32 Å². The first-order chi connectivity index (χ1) is 14.5. The Hall–Kier alpha value is -3.71. The molecule has 2 heterocycles. The van der Waals surface area contributed by atoms with Gasteiger partial charge in [-0.2, -0.15) is 5.01 Å². The molecule has 1 aromatic heterocycles. The molecule has 1 unspecified atom stereocenters. The minimum Gasteiger partial charge on any atom is -0.444 e. The fourth-order valence-corrected chi connectivity index (χ4v) is 3.03. The molecule has 30 heavy (non-hydrogen) atoms. The maximum atomic E-state index is 12.3. The lowest BCUT2D eigenvalue weighted by Gasteiger charge is -2.18. The van der Waals surface area contributed by atoms with Crippen LogP contribution < -0.4 is 5.32 Å². The standard InChI is InChI=1S/C22H17ClN4O3/c1-14(28)27-22(19-4-2-3-13-24-19)30-21(26-27)16-7-11-18(12-8-16)25-20(29)15-5-9-17(23)10-6-15/h2-13,22H,1H3,(H,25,29). The SMILES string of the molecule is CC(=O)N1N=C(c2ccc(NC(=O)c3ccc(Cl)cc3)cc2)OC1c1ccccn1. The van der Waals surface area contributed by atoms with Crippen LogP contribution in [-0.2, 0) is 9.53 Å². The highest BCUT2D eigenvalue weighted by Gasteiger charge is 2.33. The van der Waals surface area contributed by atoms with Gasteiger partial charge in [-0.05, 0) is 60.7 Å².